The smallest absolute Gasteiger partial charge is 0.334 e. The molecule has 0 aromatic heterocycles. The maximum atomic E-state index is 12.2. The number of carboxylic acids is 1. The van der Waals surface area contributed by atoms with E-state index in [1.807, 2.05) is 0 Å². The first-order chi connectivity index (χ1) is 11.3. The number of nitrogens with zero attached hydrogens (tertiary/aromatic N) is 1. The molecule has 1 aromatic carbocycles. The number of methoxy groups -OCH3 is 2. The Morgan fingerprint density at radius 3 is 2.46 bits per heavy atom. The van der Waals surface area contributed by atoms with Crippen LogP contribution in [0, 0.1) is 10.1 Å². The van der Waals surface area contributed by atoms with Gasteiger partial charge in [-0.15, -0.1) is 0 Å². The van der Waals surface area contributed by atoms with Crippen molar-refractivity contribution in [2.45, 2.75) is 13.0 Å². The van der Waals surface area contributed by atoms with E-state index in [1.165, 1.54) is 20.3 Å². The SMILES string of the molecule is CCOc1cc(C(=O)NCC(OC)C(=O)O)c([N+](=O)[O-])cc1OC. The lowest BCUT2D eigenvalue weighted by Gasteiger charge is -2.14. The van der Waals surface area contributed by atoms with Crippen molar-refractivity contribution in [2.75, 3.05) is 27.4 Å². The van der Waals surface area contributed by atoms with Crippen molar-refractivity contribution in [3.8, 4) is 11.5 Å². The highest BCUT2D eigenvalue weighted by Crippen LogP contribution is 2.34. The van der Waals surface area contributed by atoms with Crippen molar-refractivity contribution in [1.82, 2.24) is 5.32 Å². The van der Waals surface area contributed by atoms with Gasteiger partial charge in [0.25, 0.3) is 11.6 Å². The summed E-state index contributed by atoms with van der Waals surface area (Å²) in [7, 11) is 2.49. The second kappa shape index (κ2) is 8.67. The zero-order chi connectivity index (χ0) is 18.3. The van der Waals surface area contributed by atoms with Gasteiger partial charge in [0.05, 0.1) is 31.3 Å². The van der Waals surface area contributed by atoms with E-state index in [2.05, 4.69) is 10.1 Å². The van der Waals surface area contributed by atoms with Gasteiger partial charge in [0, 0.05) is 13.2 Å². The van der Waals surface area contributed by atoms with Crippen LogP contribution in [0.4, 0.5) is 5.69 Å². The van der Waals surface area contributed by atoms with E-state index in [-0.39, 0.29) is 30.2 Å². The minimum atomic E-state index is -1.27. The third-order valence-electron chi connectivity index (χ3n) is 3.03. The largest absolute Gasteiger partial charge is 0.493 e. The number of hydrogen-bond donors (Lipinski definition) is 2. The maximum Gasteiger partial charge on any atom is 0.334 e. The highest BCUT2D eigenvalue weighted by molar-refractivity contribution is 5.99. The van der Waals surface area contributed by atoms with Gasteiger partial charge in [-0.1, -0.05) is 0 Å². The van der Waals surface area contributed by atoms with Crippen LogP contribution >= 0.6 is 0 Å². The number of amides is 1. The standard InChI is InChI=1S/C14H18N2O8/c1-4-24-11-5-8(9(16(20)21)6-10(11)22-2)13(17)15-7-12(23-3)14(18)19/h5-6,12H,4,7H2,1-3H3,(H,15,17)(H,18,19). The average Bonchev–Trinajstić information content (AvgIpc) is 2.54. The van der Waals surface area contributed by atoms with Crippen LogP contribution in [0.5, 0.6) is 11.5 Å². The topological polar surface area (TPSA) is 137 Å². The summed E-state index contributed by atoms with van der Waals surface area (Å²) in [6.45, 7) is 1.62. The lowest BCUT2D eigenvalue weighted by Crippen LogP contribution is -2.38. The molecule has 10 heteroatoms. The molecule has 24 heavy (non-hydrogen) atoms. The summed E-state index contributed by atoms with van der Waals surface area (Å²) in [6.07, 6.45) is -1.27. The monoisotopic (exact) mass is 342 g/mol. The minimum absolute atomic E-state index is 0.111. The molecule has 0 bridgehead atoms. The van der Waals surface area contributed by atoms with Crippen molar-refractivity contribution in [1.29, 1.82) is 0 Å². The van der Waals surface area contributed by atoms with Crippen molar-refractivity contribution >= 4 is 17.6 Å². The molecule has 1 unspecified atom stereocenters. The molecule has 1 rings (SSSR count). The zero-order valence-electron chi connectivity index (χ0n) is 13.4. The van der Waals surface area contributed by atoms with Crippen LogP contribution in [0.1, 0.15) is 17.3 Å². The number of carbonyl (C=O) groups is 2. The number of benzene rings is 1. The van der Waals surface area contributed by atoms with E-state index >= 15 is 0 Å². The Bertz CT molecular complexity index is 631. The molecule has 0 saturated carbocycles. The Hall–Kier alpha value is -2.88. The summed E-state index contributed by atoms with van der Waals surface area (Å²) in [5.41, 5.74) is -0.762. The molecule has 2 N–H and O–H groups in total. The number of nitro benzene ring substituents is 1. The van der Waals surface area contributed by atoms with E-state index in [9.17, 15) is 19.7 Å². The summed E-state index contributed by atoms with van der Waals surface area (Å²) in [6, 6.07) is 2.25. The fraction of sp³-hybridized carbons (Fsp3) is 0.429. The van der Waals surface area contributed by atoms with Crippen LogP contribution in [0.2, 0.25) is 0 Å². The van der Waals surface area contributed by atoms with Gasteiger partial charge in [0.15, 0.2) is 17.6 Å². The molecule has 0 aliphatic rings. The average molecular weight is 342 g/mol. The van der Waals surface area contributed by atoms with E-state index in [1.54, 1.807) is 6.92 Å². The molecule has 0 aliphatic carbocycles. The molecule has 0 aliphatic heterocycles. The van der Waals surface area contributed by atoms with Gasteiger partial charge in [0.2, 0.25) is 0 Å². The Labute approximate surface area is 137 Å². The van der Waals surface area contributed by atoms with Crippen LogP contribution in [0.25, 0.3) is 0 Å². The van der Waals surface area contributed by atoms with Crippen LogP contribution < -0.4 is 14.8 Å². The van der Waals surface area contributed by atoms with Crippen LogP contribution in [-0.2, 0) is 9.53 Å². The molecular weight excluding hydrogens is 324 g/mol. The lowest BCUT2D eigenvalue weighted by atomic mass is 10.1. The molecule has 0 radical (unpaired) electrons. The van der Waals surface area contributed by atoms with Gasteiger partial charge in [0.1, 0.15) is 5.56 Å². The number of carbonyl (C=O) groups excluding carboxylic acids is 1. The molecule has 0 fully saturated rings. The number of carboxylic acid groups (broad SMARTS) is 1. The summed E-state index contributed by atoms with van der Waals surface area (Å²) in [4.78, 5) is 33.5. The Morgan fingerprint density at radius 1 is 1.33 bits per heavy atom. The number of hydrogen-bond acceptors (Lipinski definition) is 7. The van der Waals surface area contributed by atoms with Gasteiger partial charge in [-0.05, 0) is 6.92 Å². The Kier molecular flexibility index (Phi) is 6.93. The van der Waals surface area contributed by atoms with Crippen LogP contribution in [0.3, 0.4) is 0 Å². The molecular formula is C14H18N2O8. The summed E-state index contributed by atoms with van der Waals surface area (Å²) in [5.74, 6) is -1.82. The van der Waals surface area contributed by atoms with Crippen molar-refractivity contribution < 1.29 is 33.8 Å². The van der Waals surface area contributed by atoms with Crippen molar-refractivity contribution in [3.63, 3.8) is 0 Å². The van der Waals surface area contributed by atoms with Crippen molar-refractivity contribution in [2.24, 2.45) is 0 Å². The predicted octanol–water partition coefficient (Wildman–Crippen LogP) is 0.831. The van der Waals surface area contributed by atoms with Gasteiger partial charge in [-0.2, -0.15) is 0 Å². The van der Waals surface area contributed by atoms with E-state index in [4.69, 9.17) is 14.6 Å². The van der Waals surface area contributed by atoms with Gasteiger partial charge in [-0.25, -0.2) is 4.79 Å². The lowest BCUT2D eigenvalue weighted by molar-refractivity contribution is -0.385. The normalized spacial score (nSPS) is 11.5. The van der Waals surface area contributed by atoms with E-state index < -0.39 is 28.6 Å². The second-order valence-corrected chi connectivity index (χ2v) is 4.48. The third kappa shape index (κ3) is 4.56. The van der Waals surface area contributed by atoms with E-state index in [0.29, 0.717) is 0 Å². The van der Waals surface area contributed by atoms with Gasteiger partial charge >= 0.3 is 5.97 Å². The Morgan fingerprint density at radius 2 is 2.00 bits per heavy atom. The second-order valence-electron chi connectivity index (χ2n) is 4.48. The van der Waals surface area contributed by atoms with Gasteiger partial charge < -0.3 is 24.6 Å². The molecule has 1 amide bonds. The minimum Gasteiger partial charge on any atom is -0.493 e. The molecule has 0 saturated heterocycles. The fourth-order valence-corrected chi connectivity index (χ4v) is 1.86. The number of rotatable bonds is 9. The first kappa shape index (κ1) is 19.2. The maximum absolute atomic E-state index is 12.2. The highest BCUT2D eigenvalue weighted by atomic mass is 16.6. The number of ether oxygens (including phenoxy) is 3. The molecule has 0 spiro atoms. The zero-order valence-corrected chi connectivity index (χ0v) is 13.4. The summed E-state index contributed by atoms with van der Waals surface area (Å²) in [5, 5.41) is 22.3. The van der Waals surface area contributed by atoms with Gasteiger partial charge in [-0.3, -0.25) is 14.9 Å². The summed E-state index contributed by atoms with van der Waals surface area (Å²) >= 11 is 0. The number of nitrogens with one attached hydrogen (secondary N) is 1. The first-order valence-corrected chi connectivity index (χ1v) is 6.88. The van der Waals surface area contributed by atoms with Crippen molar-refractivity contribution in [3.05, 3.63) is 27.8 Å². The van der Waals surface area contributed by atoms with Crippen LogP contribution in [-0.4, -0.2) is 55.4 Å². The first-order valence-electron chi connectivity index (χ1n) is 6.88. The predicted molar refractivity (Wildman–Crippen MR) is 81.6 cm³/mol. The highest BCUT2D eigenvalue weighted by Gasteiger charge is 2.26. The summed E-state index contributed by atoms with van der Waals surface area (Å²) < 4.78 is 15.0. The molecule has 132 valence electrons. The van der Waals surface area contributed by atoms with Crippen LogP contribution in [0.15, 0.2) is 12.1 Å². The fourth-order valence-electron chi connectivity index (χ4n) is 1.86. The molecule has 1 atom stereocenters. The number of nitro groups is 1. The molecule has 0 heterocycles. The molecule has 1 aromatic rings. The quantitative estimate of drug-likeness (QED) is 0.497. The Balaban J connectivity index is 3.15. The molecule has 10 nitrogen and oxygen atoms in total. The third-order valence-corrected chi connectivity index (χ3v) is 3.03. The van der Waals surface area contributed by atoms with E-state index in [0.717, 1.165) is 6.07 Å². The number of aliphatic carboxylic acids is 1.